The van der Waals surface area contributed by atoms with Crippen molar-refractivity contribution in [2.45, 2.75) is 26.7 Å². The summed E-state index contributed by atoms with van der Waals surface area (Å²) >= 11 is 0. The Morgan fingerprint density at radius 2 is 1.53 bits per heavy atom. The van der Waals surface area contributed by atoms with Gasteiger partial charge in [-0.1, -0.05) is 78.4 Å². The highest BCUT2D eigenvalue weighted by Gasteiger charge is 2.25. The zero-order valence-corrected chi connectivity index (χ0v) is 24.6. The Labute approximate surface area is 251 Å². The number of carbonyl (C=O) groups excluding carboxylic acids is 1. The first kappa shape index (κ1) is 26.8. The molecule has 0 atom stereocenters. The van der Waals surface area contributed by atoms with Crippen LogP contribution >= 0.6 is 0 Å². The van der Waals surface area contributed by atoms with Gasteiger partial charge in [0.05, 0.1) is 16.8 Å². The van der Waals surface area contributed by atoms with Crippen molar-refractivity contribution >= 4 is 33.5 Å². The molecule has 1 aliphatic rings. The Kier molecular flexibility index (Phi) is 7.07. The third kappa shape index (κ3) is 5.34. The normalized spacial score (nSPS) is 13.9. The fraction of sp³-hybridized carbons (Fsp3) is 0.222. The Balaban J connectivity index is 1.23. The molecule has 0 saturated carbocycles. The highest BCUT2D eigenvalue weighted by Crippen LogP contribution is 2.30. The van der Waals surface area contributed by atoms with Crippen LogP contribution in [0.15, 0.2) is 97.1 Å². The van der Waals surface area contributed by atoms with Gasteiger partial charge in [-0.2, -0.15) is 5.10 Å². The summed E-state index contributed by atoms with van der Waals surface area (Å²) in [4.78, 5) is 28.2. The number of aromatic nitrogens is 4. The quantitative estimate of drug-likeness (QED) is 0.237. The summed E-state index contributed by atoms with van der Waals surface area (Å²) in [6.07, 6.45) is 1.48. The van der Waals surface area contributed by atoms with Gasteiger partial charge in [0.1, 0.15) is 11.6 Å². The van der Waals surface area contributed by atoms with Gasteiger partial charge >= 0.3 is 0 Å². The van der Waals surface area contributed by atoms with E-state index in [9.17, 15) is 4.79 Å². The largest absolute Gasteiger partial charge is 0.354 e. The van der Waals surface area contributed by atoms with Crippen LogP contribution in [-0.4, -0.2) is 56.7 Å². The van der Waals surface area contributed by atoms with E-state index in [2.05, 4.69) is 60.4 Å². The van der Waals surface area contributed by atoms with Crippen molar-refractivity contribution in [3.05, 3.63) is 125 Å². The second-order valence-electron chi connectivity index (χ2n) is 11.4. The Hall–Kier alpha value is -5.04. The van der Waals surface area contributed by atoms with Crippen LogP contribution in [0.5, 0.6) is 0 Å². The van der Waals surface area contributed by atoms with Crippen molar-refractivity contribution in [1.82, 2.24) is 24.6 Å². The van der Waals surface area contributed by atoms with Gasteiger partial charge in [-0.3, -0.25) is 4.79 Å². The zero-order chi connectivity index (χ0) is 29.3. The van der Waals surface area contributed by atoms with Crippen molar-refractivity contribution in [3.8, 4) is 5.69 Å². The maximum absolute atomic E-state index is 13.6. The summed E-state index contributed by atoms with van der Waals surface area (Å²) in [7, 11) is 0. The van der Waals surface area contributed by atoms with E-state index in [1.807, 2.05) is 65.0 Å². The Bertz CT molecular complexity index is 1930. The minimum Gasteiger partial charge on any atom is -0.354 e. The second-order valence-corrected chi connectivity index (χ2v) is 11.4. The monoisotopic (exact) mass is 566 g/mol. The number of aryl methyl sites for hydroxylation is 2. The van der Waals surface area contributed by atoms with E-state index < -0.39 is 0 Å². The standard InChI is InChI=1S/C36H34N6O/c1-25-13-15-27(16-14-25)23-32-37-34(33-26(2)39-42(35(33)38-32)31-11-4-3-5-12-31)40-19-8-20-41(22-21-40)36(43)30-18-17-28-9-6-7-10-29(28)24-30/h3-7,9-18,24H,8,19-23H2,1-2H3. The third-order valence-electron chi connectivity index (χ3n) is 8.29. The van der Waals surface area contributed by atoms with E-state index >= 15 is 0 Å². The summed E-state index contributed by atoms with van der Waals surface area (Å²) in [5.74, 6) is 1.73. The molecule has 6 aromatic rings. The molecule has 1 amide bonds. The lowest BCUT2D eigenvalue weighted by Crippen LogP contribution is -2.35. The van der Waals surface area contributed by atoms with Gasteiger partial charge in [-0.25, -0.2) is 14.6 Å². The molecule has 2 aromatic heterocycles. The van der Waals surface area contributed by atoms with Crippen molar-refractivity contribution in [2.24, 2.45) is 0 Å². The van der Waals surface area contributed by atoms with E-state index in [-0.39, 0.29) is 5.91 Å². The molecule has 1 saturated heterocycles. The van der Waals surface area contributed by atoms with Gasteiger partial charge in [0, 0.05) is 38.2 Å². The van der Waals surface area contributed by atoms with Crippen LogP contribution in [-0.2, 0) is 6.42 Å². The van der Waals surface area contributed by atoms with Gasteiger partial charge in [0.2, 0.25) is 0 Å². The van der Waals surface area contributed by atoms with Gasteiger partial charge in [0.15, 0.2) is 5.65 Å². The minimum absolute atomic E-state index is 0.0774. The topological polar surface area (TPSA) is 67.2 Å². The molecular formula is C36H34N6O. The lowest BCUT2D eigenvalue weighted by atomic mass is 10.1. The van der Waals surface area contributed by atoms with Crippen molar-refractivity contribution in [1.29, 1.82) is 0 Å². The molecular weight excluding hydrogens is 532 g/mol. The molecule has 0 aliphatic carbocycles. The molecule has 4 aromatic carbocycles. The average Bonchev–Trinajstić information content (AvgIpc) is 3.20. The number of rotatable bonds is 5. The van der Waals surface area contributed by atoms with Gasteiger partial charge in [-0.15, -0.1) is 0 Å². The maximum Gasteiger partial charge on any atom is 0.253 e. The SMILES string of the molecule is Cc1ccc(Cc2nc(N3CCCN(C(=O)c4ccc5ccccc5c4)CC3)c3c(C)nn(-c4ccccc4)c3n2)cc1. The summed E-state index contributed by atoms with van der Waals surface area (Å²) in [6.45, 7) is 6.94. The summed E-state index contributed by atoms with van der Waals surface area (Å²) in [5.41, 5.74) is 5.80. The van der Waals surface area contributed by atoms with Crippen LogP contribution in [0.2, 0.25) is 0 Å². The number of nitrogens with zero attached hydrogens (tertiary/aromatic N) is 6. The van der Waals surface area contributed by atoms with Crippen LogP contribution < -0.4 is 4.90 Å². The lowest BCUT2D eigenvalue weighted by molar-refractivity contribution is 0.0767. The predicted molar refractivity (Wildman–Crippen MR) is 172 cm³/mol. The predicted octanol–water partition coefficient (Wildman–Crippen LogP) is 6.53. The fourth-order valence-corrected chi connectivity index (χ4v) is 5.99. The van der Waals surface area contributed by atoms with Gasteiger partial charge < -0.3 is 9.80 Å². The number of benzene rings is 4. The molecule has 0 bridgehead atoms. The van der Waals surface area contributed by atoms with E-state index in [1.165, 1.54) is 11.1 Å². The molecule has 7 nitrogen and oxygen atoms in total. The molecule has 7 heteroatoms. The summed E-state index contributed by atoms with van der Waals surface area (Å²) in [5, 5.41) is 8.12. The van der Waals surface area contributed by atoms with E-state index in [0.29, 0.717) is 26.1 Å². The van der Waals surface area contributed by atoms with Crippen LogP contribution in [0.4, 0.5) is 5.82 Å². The Morgan fingerprint density at radius 3 is 2.35 bits per heavy atom. The van der Waals surface area contributed by atoms with Crippen LogP contribution in [0.3, 0.4) is 0 Å². The number of hydrogen-bond donors (Lipinski definition) is 0. The number of hydrogen-bond acceptors (Lipinski definition) is 5. The zero-order valence-electron chi connectivity index (χ0n) is 24.6. The average molecular weight is 567 g/mol. The Morgan fingerprint density at radius 1 is 0.767 bits per heavy atom. The maximum atomic E-state index is 13.6. The highest BCUT2D eigenvalue weighted by molar-refractivity contribution is 5.98. The number of anilines is 1. The molecule has 43 heavy (non-hydrogen) atoms. The van der Waals surface area contributed by atoms with Crippen LogP contribution in [0.25, 0.3) is 27.5 Å². The molecule has 0 spiro atoms. The lowest BCUT2D eigenvalue weighted by Gasteiger charge is -2.24. The number of para-hydroxylation sites is 1. The van der Waals surface area contributed by atoms with Gasteiger partial charge in [0.25, 0.3) is 5.91 Å². The molecule has 1 fully saturated rings. The van der Waals surface area contributed by atoms with E-state index in [0.717, 1.165) is 63.4 Å². The number of carbonyl (C=O) groups is 1. The van der Waals surface area contributed by atoms with Crippen molar-refractivity contribution < 1.29 is 4.79 Å². The minimum atomic E-state index is 0.0774. The third-order valence-corrected chi connectivity index (χ3v) is 8.29. The number of amides is 1. The summed E-state index contributed by atoms with van der Waals surface area (Å²) < 4.78 is 1.93. The smallest absolute Gasteiger partial charge is 0.253 e. The first-order valence-corrected chi connectivity index (χ1v) is 14.9. The molecule has 0 radical (unpaired) electrons. The molecule has 3 heterocycles. The molecule has 214 valence electrons. The van der Waals surface area contributed by atoms with E-state index in [1.54, 1.807) is 0 Å². The first-order valence-electron chi connectivity index (χ1n) is 14.9. The first-order chi connectivity index (χ1) is 21.0. The number of fused-ring (bicyclic) bond motifs is 2. The van der Waals surface area contributed by atoms with Crippen LogP contribution in [0, 0.1) is 13.8 Å². The van der Waals surface area contributed by atoms with Gasteiger partial charge in [-0.05, 0) is 60.9 Å². The summed E-state index contributed by atoms with van der Waals surface area (Å²) in [6, 6.07) is 32.8. The fourth-order valence-electron chi connectivity index (χ4n) is 5.99. The van der Waals surface area contributed by atoms with E-state index in [4.69, 9.17) is 15.1 Å². The second kappa shape index (κ2) is 11.3. The molecule has 1 aliphatic heterocycles. The van der Waals surface area contributed by atoms with Crippen LogP contribution in [0.1, 0.15) is 39.4 Å². The van der Waals surface area contributed by atoms with Crippen molar-refractivity contribution in [3.63, 3.8) is 0 Å². The molecule has 7 rings (SSSR count). The molecule has 0 N–H and O–H groups in total. The van der Waals surface area contributed by atoms with Crippen molar-refractivity contribution in [2.75, 3.05) is 31.1 Å². The highest BCUT2D eigenvalue weighted by atomic mass is 16.2. The molecule has 0 unspecified atom stereocenters.